The van der Waals surface area contributed by atoms with E-state index in [1.807, 2.05) is 26.8 Å². The molecule has 1 heterocycles. The molecule has 0 fully saturated rings. The molecule has 0 saturated heterocycles. The summed E-state index contributed by atoms with van der Waals surface area (Å²) in [6.07, 6.45) is 0.784. The van der Waals surface area contributed by atoms with Gasteiger partial charge in [-0.1, -0.05) is 5.57 Å². The van der Waals surface area contributed by atoms with E-state index in [1.54, 1.807) is 0 Å². The van der Waals surface area contributed by atoms with Gasteiger partial charge < -0.3 is 10.2 Å². The lowest BCUT2D eigenvalue weighted by molar-refractivity contribution is 0.443. The van der Waals surface area contributed by atoms with Gasteiger partial charge in [0.1, 0.15) is 11.5 Å². The molecule has 1 aromatic rings. The summed E-state index contributed by atoms with van der Waals surface area (Å²) < 4.78 is 5.51. The summed E-state index contributed by atoms with van der Waals surface area (Å²) in [5.74, 6) is 1.81. The molecule has 0 saturated carbocycles. The van der Waals surface area contributed by atoms with Crippen LogP contribution in [-0.4, -0.2) is 0 Å². The largest absolute Gasteiger partial charge is 0.464 e. The van der Waals surface area contributed by atoms with Gasteiger partial charge in [-0.15, -0.1) is 19.0 Å². The maximum absolute atomic E-state index is 5.92. The molecule has 0 amide bonds. The number of halogens is 1. The van der Waals surface area contributed by atoms with Gasteiger partial charge in [0.15, 0.2) is 0 Å². The van der Waals surface area contributed by atoms with Gasteiger partial charge in [0.05, 0.1) is 6.04 Å². The number of hydrogen-bond donors (Lipinski definition) is 1. The van der Waals surface area contributed by atoms with Crippen LogP contribution >= 0.6 is 12.4 Å². The molecule has 2 nitrogen and oxygen atoms in total. The first-order valence-electron chi connectivity index (χ1n) is 4.47. The Kier molecular flexibility index (Phi) is 4.95. The second kappa shape index (κ2) is 5.23. The van der Waals surface area contributed by atoms with E-state index in [-0.39, 0.29) is 18.4 Å². The number of furan rings is 1. The Bertz CT molecular complexity index is 298. The van der Waals surface area contributed by atoms with Gasteiger partial charge >= 0.3 is 0 Å². The van der Waals surface area contributed by atoms with Crippen LogP contribution in [0.4, 0.5) is 0 Å². The third-order valence-corrected chi connectivity index (χ3v) is 2.12. The van der Waals surface area contributed by atoms with E-state index >= 15 is 0 Å². The van der Waals surface area contributed by atoms with Crippen LogP contribution in [0.3, 0.4) is 0 Å². The van der Waals surface area contributed by atoms with E-state index in [0.717, 1.165) is 29.1 Å². The summed E-state index contributed by atoms with van der Waals surface area (Å²) in [7, 11) is 0. The van der Waals surface area contributed by atoms with Crippen LogP contribution in [0, 0.1) is 13.8 Å². The summed E-state index contributed by atoms with van der Waals surface area (Å²) >= 11 is 0. The molecule has 1 rings (SSSR count). The molecule has 0 aliphatic carbocycles. The average molecular weight is 216 g/mol. The molecular weight excluding hydrogens is 198 g/mol. The monoisotopic (exact) mass is 215 g/mol. The number of rotatable bonds is 3. The van der Waals surface area contributed by atoms with Crippen molar-refractivity contribution in [2.75, 3.05) is 0 Å². The van der Waals surface area contributed by atoms with E-state index < -0.39 is 0 Å². The predicted octanol–water partition coefficient (Wildman–Crippen LogP) is 3.28. The first kappa shape index (κ1) is 13.3. The van der Waals surface area contributed by atoms with Gasteiger partial charge in [-0.25, -0.2) is 0 Å². The standard InChI is InChI=1S/C11H17NO.ClH/c1-7(2)5-10(12)11-6-8(3)9(4)13-11;/h6,10H,1,5,12H2,2-4H3;1H/t10-;/m1./s1. The van der Waals surface area contributed by atoms with Gasteiger partial charge in [-0.05, 0) is 38.8 Å². The van der Waals surface area contributed by atoms with Crippen LogP contribution in [0.15, 0.2) is 22.6 Å². The Morgan fingerprint density at radius 2 is 2.14 bits per heavy atom. The molecule has 3 heteroatoms. The highest BCUT2D eigenvalue weighted by Gasteiger charge is 2.11. The average Bonchev–Trinajstić information content (AvgIpc) is 2.31. The van der Waals surface area contributed by atoms with Crippen molar-refractivity contribution >= 4 is 12.4 Å². The molecule has 0 bridgehead atoms. The highest BCUT2D eigenvalue weighted by Crippen LogP contribution is 2.22. The molecule has 14 heavy (non-hydrogen) atoms. The normalized spacial score (nSPS) is 12.0. The zero-order valence-corrected chi connectivity index (χ0v) is 9.78. The molecule has 0 radical (unpaired) electrons. The van der Waals surface area contributed by atoms with E-state index in [9.17, 15) is 0 Å². The Morgan fingerprint density at radius 1 is 1.57 bits per heavy atom. The maximum Gasteiger partial charge on any atom is 0.121 e. The van der Waals surface area contributed by atoms with Gasteiger partial charge in [0.2, 0.25) is 0 Å². The highest BCUT2D eigenvalue weighted by molar-refractivity contribution is 5.85. The van der Waals surface area contributed by atoms with Gasteiger partial charge in [0.25, 0.3) is 0 Å². The number of hydrogen-bond acceptors (Lipinski definition) is 2. The molecule has 0 spiro atoms. The predicted molar refractivity (Wildman–Crippen MR) is 61.8 cm³/mol. The van der Waals surface area contributed by atoms with Crippen LogP contribution in [0.2, 0.25) is 0 Å². The van der Waals surface area contributed by atoms with Crippen LogP contribution in [0.25, 0.3) is 0 Å². The fourth-order valence-corrected chi connectivity index (χ4v) is 1.26. The summed E-state index contributed by atoms with van der Waals surface area (Å²) in [5.41, 5.74) is 8.17. The fourth-order valence-electron chi connectivity index (χ4n) is 1.26. The quantitative estimate of drug-likeness (QED) is 0.786. The van der Waals surface area contributed by atoms with Gasteiger partial charge in [-0.2, -0.15) is 0 Å². The summed E-state index contributed by atoms with van der Waals surface area (Å²) in [5, 5.41) is 0. The van der Waals surface area contributed by atoms with Crippen molar-refractivity contribution in [3.05, 3.63) is 35.3 Å². The topological polar surface area (TPSA) is 39.2 Å². The first-order chi connectivity index (χ1) is 6.00. The van der Waals surface area contributed by atoms with E-state index in [0.29, 0.717) is 0 Å². The molecular formula is C11H18ClNO. The Labute approximate surface area is 91.6 Å². The van der Waals surface area contributed by atoms with Crippen LogP contribution in [0.1, 0.15) is 36.5 Å². The first-order valence-corrected chi connectivity index (χ1v) is 4.47. The molecule has 1 aromatic heterocycles. The Balaban J connectivity index is 0.00000169. The van der Waals surface area contributed by atoms with Crippen molar-refractivity contribution in [1.82, 2.24) is 0 Å². The molecule has 2 N–H and O–H groups in total. The van der Waals surface area contributed by atoms with Crippen molar-refractivity contribution in [1.29, 1.82) is 0 Å². The SMILES string of the molecule is C=C(C)C[C@@H](N)c1cc(C)c(C)o1.Cl. The third kappa shape index (κ3) is 3.20. The summed E-state index contributed by atoms with van der Waals surface area (Å²) in [6.45, 7) is 9.78. The fraction of sp³-hybridized carbons (Fsp3) is 0.455. The van der Waals surface area contributed by atoms with E-state index in [2.05, 4.69) is 6.58 Å². The second-order valence-corrected chi connectivity index (χ2v) is 3.66. The van der Waals surface area contributed by atoms with Crippen molar-refractivity contribution in [3.63, 3.8) is 0 Å². The molecule has 80 valence electrons. The van der Waals surface area contributed by atoms with Gasteiger partial charge in [-0.3, -0.25) is 0 Å². The van der Waals surface area contributed by atoms with Crippen molar-refractivity contribution in [2.24, 2.45) is 5.73 Å². The van der Waals surface area contributed by atoms with Crippen molar-refractivity contribution in [2.45, 2.75) is 33.2 Å². The summed E-state index contributed by atoms with van der Waals surface area (Å²) in [4.78, 5) is 0. The van der Waals surface area contributed by atoms with Gasteiger partial charge in [0, 0.05) is 0 Å². The lowest BCUT2D eigenvalue weighted by atomic mass is 10.1. The zero-order chi connectivity index (χ0) is 10.0. The minimum absolute atomic E-state index is 0. The second-order valence-electron chi connectivity index (χ2n) is 3.66. The molecule has 0 aromatic carbocycles. The molecule has 0 aliphatic heterocycles. The van der Waals surface area contributed by atoms with E-state index in [1.165, 1.54) is 0 Å². The molecule has 1 atom stereocenters. The van der Waals surface area contributed by atoms with Crippen molar-refractivity contribution in [3.8, 4) is 0 Å². The third-order valence-electron chi connectivity index (χ3n) is 2.12. The Hall–Kier alpha value is -0.730. The smallest absolute Gasteiger partial charge is 0.121 e. The van der Waals surface area contributed by atoms with E-state index in [4.69, 9.17) is 10.2 Å². The molecule has 0 aliphatic rings. The Morgan fingerprint density at radius 3 is 2.50 bits per heavy atom. The maximum atomic E-state index is 5.92. The number of aryl methyl sites for hydroxylation is 2. The lowest BCUT2D eigenvalue weighted by Gasteiger charge is -2.07. The lowest BCUT2D eigenvalue weighted by Crippen LogP contribution is -2.09. The number of nitrogens with two attached hydrogens (primary N) is 1. The minimum Gasteiger partial charge on any atom is -0.464 e. The van der Waals surface area contributed by atoms with Crippen molar-refractivity contribution < 1.29 is 4.42 Å². The van der Waals surface area contributed by atoms with Crippen LogP contribution in [0.5, 0.6) is 0 Å². The minimum atomic E-state index is -0.0510. The molecule has 0 unspecified atom stereocenters. The van der Waals surface area contributed by atoms with Crippen LogP contribution < -0.4 is 5.73 Å². The van der Waals surface area contributed by atoms with Crippen LogP contribution in [-0.2, 0) is 0 Å². The zero-order valence-electron chi connectivity index (χ0n) is 8.96. The summed E-state index contributed by atoms with van der Waals surface area (Å²) in [6, 6.07) is 1.95. The highest BCUT2D eigenvalue weighted by atomic mass is 35.5.